The molecule has 162 valence electrons. The van der Waals surface area contributed by atoms with Gasteiger partial charge in [-0.25, -0.2) is 0 Å². The van der Waals surface area contributed by atoms with E-state index in [1.807, 2.05) is 43.2 Å². The molecule has 2 N–H and O–H groups in total. The van der Waals surface area contributed by atoms with Crippen LogP contribution in [0.1, 0.15) is 83.6 Å². The van der Waals surface area contributed by atoms with Crippen LogP contribution in [0.2, 0.25) is 0 Å². The zero-order valence-electron chi connectivity index (χ0n) is 18.2. The first-order valence-electron chi connectivity index (χ1n) is 10.9. The van der Waals surface area contributed by atoms with Gasteiger partial charge in [0.05, 0.1) is 17.7 Å². The van der Waals surface area contributed by atoms with Crippen LogP contribution in [0.5, 0.6) is 0 Å². The van der Waals surface area contributed by atoms with E-state index in [2.05, 4.69) is 5.32 Å². The number of aliphatic hydroxyl groups is 1. The number of nitrogens with one attached hydrogen (secondary N) is 1. The predicted octanol–water partition coefficient (Wildman–Crippen LogP) is 4.27. The minimum absolute atomic E-state index is 0.0696. The average molecular weight is 421 g/mol. The summed E-state index contributed by atoms with van der Waals surface area (Å²) in [6.07, 6.45) is 6.17. The standard InChI is InChI=1S/C23H36N2O3S/c1-22(2,3)15-18(26)24-20-19(17-11-8-14-29-17)25(13-12-23(20,4)28)21(27)16-9-6-5-7-10-16/h8,11,14,16,19-20,28H,5-7,9-10,12-13,15H2,1-4H3,(H,24,26). The summed E-state index contributed by atoms with van der Waals surface area (Å²) in [5.41, 5.74) is -1.20. The fourth-order valence-corrected chi connectivity index (χ4v) is 5.58. The fourth-order valence-electron chi connectivity index (χ4n) is 4.71. The molecule has 1 aliphatic carbocycles. The molecular weight excluding hydrogens is 384 g/mol. The Morgan fingerprint density at radius 3 is 2.55 bits per heavy atom. The van der Waals surface area contributed by atoms with Crippen molar-refractivity contribution in [2.75, 3.05) is 6.54 Å². The molecule has 2 amide bonds. The van der Waals surface area contributed by atoms with Crippen LogP contribution < -0.4 is 5.32 Å². The first-order valence-corrected chi connectivity index (χ1v) is 11.8. The zero-order chi connectivity index (χ0) is 21.2. The number of carbonyl (C=O) groups is 2. The van der Waals surface area contributed by atoms with Gasteiger partial charge in [-0.1, -0.05) is 46.1 Å². The highest BCUT2D eigenvalue weighted by molar-refractivity contribution is 7.10. The van der Waals surface area contributed by atoms with Crippen molar-refractivity contribution in [3.05, 3.63) is 22.4 Å². The smallest absolute Gasteiger partial charge is 0.226 e. The Morgan fingerprint density at radius 2 is 1.97 bits per heavy atom. The van der Waals surface area contributed by atoms with Gasteiger partial charge in [0.2, 0.25) is 11.8 Å². The molecule has 1 aromatic rings. The molecule has 1 saturated heterocycles. The summed E-state index contributed by atoms with van der Waals surface area (Å²) in [6, 6.07) is 3.15. The molecule has 2 aliphatic rings. The van der Waals surface area contributed by atoms with Gasteiger partial charge in [0.15, 0.2) is 0 Å². The highest BCUT2D eigenvalue weighted by Gasteiger charge is 2.49. The molecule has 6 heteroatoms. The van der Waals surface area contributed by atoms with Gasteiger partial charge < -0.3 is 15.3 Å². The summed E-state index contributed by atoms with van der Waals surface area (Å²) in [4.78, 5) is 29.2. The van der Waals surface area contributed by atoms with E-state index in [1.165, 1.54) is 6.42 Å². The first-order chi connectivity index (χ1) is 13.6. The van der Waals surface area contributed by atoms with E-state index in [1.54, 1.807) is 18.3 Å². The molecule has 29 heavy (non-hydrogen) atoms. The zero-order valence-corrected chi connectivity index (χ0v) is 19.1. The molecule has 3 atom stereocenters. The molecule has 0 spiro atoms. The van der Waals surface area contributed by atoms with Crippen molar-refractivity contribution in [3.63, 3.8) is 0 Å². The van der Waals surface area contributed by atoms with E-state index in [0.717, 1.165) is 30.6 Å². The number of amides is 2. The van der Waals surface area contributed by atoms with Gasteiger partial charge in [-0.2, -0.15) is 0 Å². The molecule has 0 radical (unpaired) electrons. The summed E-state index contributed by atoms with van der Waals surface area (Å²) in [5, 5.41) is 16.3. The largest absolute Gasteiger partial charge is 0.388 e. The predicted molar refractivity (Wildman–Crippen MR) is 117 cm³/mol. The average Bonchev–Trinajstić information content (AvgIpc) is 3.16. The number of likely N-dealkylation sites (tertiary alicyclic amines) is 1. The number of carbonyl (C=O) groups excluding carboxylic acids is 2. The molecule has 3 unspecified atom stereocenters. The van der Waals surface area contributed by atoms with Crippen LogP contribution in [-0.2, 0) is 9.59 Å². The minimum Gasteiger partial charge on any atom is -0.388 e. The van der Waals surface area contributed by atoms with Crippen molar-refractivity contribution in [2.45, 2.75) is 90.3 Å². The first kappa shape index (κ1) is 22.3. The SMILES string of the molecule is CC(C)(C)CC(=O)NC1C(c2cccs2)N(C(=O)C2CCCCC2)CCC1(C)O. The molecule has 5 nitrogen and oxygen atoms in total. The van der Waals surface area contributed by atoms with E-state index in [0.29, 0.717) is 19.4 Å². The van der Waals surface area contributed by atoms with Gasteiger partial charge in [-0.3, -0.25) is 9.59 Å². The number of hydrogen-bond acceptors (Lipinski definition) is 4. The summed E-state index contributed by atoms with van der Waals surface area (Å²) in [6.45, 7) is 8.40. The van der Waals surface area contributed by atoms with E-state index in [-0.39, 0.29) is 29.2 Å². The number of nitrogens with zero attached hydrogens (tertiary/aromatic N) is 1. The van der Waals surface area contributed by atoms with E-state index in [4.69, 9.17) is 0 Å². The topological polar surface area (TPSA) is 69.6 Å². The van der Waals surface area contributed by atoms with Crippen LogP contribution in [-0.4, -0.2) is 40.0 Å². The Balaban J connectivity index is 1.89. The summed E-state index contributed by atoms with van der Waals surface area (Å²) < 4.78 is 0. The third-order valence-electron chi connectivity index (χ3n) is 6.26. The van der Waals surface area contributed by atoms with Crippen molar-refractivity contribution in [2.24, 2.45) is 11.3 Å². The van der Waals surface area contributed by atoms with Gasteiger partial charge in [0.1, 0.15) is 0 Å². The molecule has 0 aromatic carbocycles. The van der Waals surface area contributed by atoms with Crippen molar-refractivity contribution in [1.82, 2.24) is 10.2 Å². The highest BCUT2D eigenvalue weighted by atomic mass is 32.1. The minimum atomic E-state index is -1.06. The number of thiophene rings is 1. The maximum atomic E-state index is 13.5. The lowest BCUT2D eigenvalue weighted by Crippen LogP contribution is -2.64. The number of piperidine rings is 1. The molecule has 2 fully saturated rings. The van der Waals surface area contributed by atoms with Gasteiger partial charge in [0, 0.05) is 23.8 Å². The van der Waals surface area contributed by atoms with E-state index < -0.39 is 11.6 Å². The van der Waals surface area contributed by atoms with E-state index >= 15 is 0 Å². The van der Waals surface area contributed by atoms with Crippen molar-refractivity contribution in [3.8, 4) is 0 Å². The van der Waals surface area contributed by atoms with Crippen LogP contribution in [0, 0.1) is 11.3 Å². The summed E-state index contributed by atoms with van der Waals surface area (Å²) in [5.74, 6) is 0.185. The molecule has 0 bridgehead atoms. The van der Waals surface area contributed by atoms with Crippen molar-refractivity contribution < 1.29 is 14.7 Å². The van der Waals surface area contributed by atoms with E-state index in [9.17, 15) is 14.7 Å². The Labute approximate surface area is 178 Å². The van der Waals surface area contributed by atoms with Gasteiger partial charge >= 0.3 is 0 Å². The maximum absolute atomic E-state index is 13.5. The van der Waals surface area contributed by atoms with Crippen molar-refractivity contribution in [1.29, 1.82) is 0 Å². The lowest BCUT2D eigenvalue weighted by molar-refractivity contribution is -0.150. The Bertz CT molecular complexity index is 702. The fraction of sp³-hybridized carbons (Fsp3) is 0.739. The van der Waals surface area contributed by atoms with Gasteiger partial charge in [-0.15, -0.1) is 11.3 Å². The second-order valence-electron chi connectivity index (χ2n) is 10.2. The summed E-state index contributed by atoms with van der Waals surface area (Å²) >= 11 is 1.59. The summed E-state index contributed by atoms with van der Waals surface area (Å²) in [7, 11) is 0. The normalized spacial score (nSPS) is 28.9. The van der Waals surface area contributed by atoms with Crippen LogP contribution in [0.3, 0.4) is 0 Å². The monoisotopic (exact) mass is 420 g/mol. The Kier molecular flexibility index (Phi) is 6.74. The van der Waals surface area contributed by atoms with Gasteiger partial charge in [-0.05, 0) is 43.0 Å². The number of rotatable bonds is 4. The molecule has 1 aromatic heterocycles. The second kappa shape index (κ2) is 8.76. The third-order valence-corrected chi connectivity index (χ3v) is 7.20. The molecular formula is C23H36N2O3S. The van der Waals surface area contributed by atoms with Crippen LogP contribution in [0.25, 0.3) is 0 Å². The van der Waals surface area contributed by atoms with Crippen molar-refractivity contribution >= 4 is 23.2 Å². The lowest BCUT2D eigenvalue weighted by Gasteiger charge is -2.49. The third kappa shape index (κ3) is 5.40. The molecule has 2 heterocycles. The van der Waals surface area contributed by atoms with Crippen LogP contribution in [0.4, 0.5) is 0 Å². The molecule has 1 aliphatic heterocycles. The van der Waals surface area contributed by atoms with Crippen LogP contribution in [0.15, 0.2) is 17.5 Å². The molecule has 3 rings (SSSR count). The quantitative estimate of drug-likeness (QED) is 0.764. The highest BCUT2D eigenvalue weighted by Crippen LogP contribution is 2.41. The Hall–Kier alpha value is -1.40. The lowest BCUT2D eigenvalue weighted by atomic mass is 9.79. The Morgan fingerprint density at radius 1 is 1.28 bits per heavy atom. The second-order valence-corrected chi connectivity index (χ2v) is 11.2. The van der Waals surface area contributed by atoms with Crippen LogP contribution >= 0.6 is 11.3 Å². The molecule has 1 saturated carbocycles. The maximum Gasteiger partial charge on any atom is 0.226 e. The van der Waals surface area contributed by atoms with Gasteiger partial charge in [0.25, 0.3) is 0 Å². The number of hydrogen-bond donors (Lipinski definition) is 2.